The highest BCUT2D eigenvalue weighted by Gasteiger charge is 2.29. The Balaban J connectivity index is 1.50. The third-order valence-electron chi connectivity index (χ3n) is 5.24. The molecule has 0 aliphatic carbocycles. The Kier molecular flexibility index (Phi) is 6.03. The number of pyridine rings is 2. The van der Waals surface area contributed by atoms with Gasteiger partial charge in [0.25, 0.3) is 0 Å². The van der Waals surface area contributed by atoms with Gasteiger partial charge in [0.15, 0.2) is 0 Å². The van der Waals surface area contributed by atoms with Crippen LogP contribution in [0.3, 0.4) is 0 Å². The van der Waals surface area contributed by atoms with E-state index in [1.54, 1.807) is 26.6 Å². The summed E-state index contributed by atoms with van der Waals surface area (Å²) in [7, 11) is 3.32. The van der Waals surface area contributed by atoms with Crippen LogP contribution in [-0.2, 0) is 11.3 Å². The van der Waals surface area contributed by atoms with Crippen LogP contribution in [-0.4, -0.2) is 36.8 Å². The average molecular weight is 391 g/mol. The van der Waals surface area contributed by atoms with Crippen molar-refractivity contribution < 1.29 is 14.2 Å². The number of hydrogen-bond acceptors (Lipinski definition) is 6. The van der Waals surface area contributed by atoms with E-state index in [1.165, 1.54) is 0 Å². The lowest BCUT2D eigenvalue weighted by atomic mass is 10.0. The summed E-state index contributed by atoms with van der Waals surface area (Å²) in [6.07, 6.45) is 6.36. The van der Waals surface area contributed by atoms with Gasteiger partial charge >= 0.3 is 0 Å². The number of nitrogens with zero attached hydrogens (tertiary/aromatic N) is 2. The quantitative estimate of drug-likeness (QED) is 0.661. The van der Waals surface area contributed by atoms with Crippen molar-refractivity contribution >= 4 is 0 Å². The monoisotopic (exact) mass is 391 g/mol. The Morgan fingerprint density at radius 2 is 1.90 bits per heavy atom. The van der Waals surface area contributed by atoms with Crippen LogP contribution in [0.4, 0.5) is 0 Å². The van der Waals surface area contributed by atoms with Gasteiger partial charge in [0.1, 0.15) is 5.75 Å². The molecule has 3 heterocycles. The topological polar surface area (TPSA) is 65.5 Å². The predicted molar refractivity (Wildman–Crippen MR) is 111 cm³/mol. The molecule has 0 spiro atoms. The van der Waals surface area contributed by atoms with Gasteiger partial charge in [0.2, 0.25) is 5.88 Å². The lowest BCUT2D eigenvalue weighted by molar-refractivity contribution is 0.0981. The van der Waals surface area contributed by atoms with Crippen LogP contribution < -0.4 is 14.8 Å². The maximum absolute atomic E-state index is 5.98. The van der Waals surface area contributed by atoms with Crippen LogP contribution in [0.1, 0.15) is 23.7 Å². The van der Waals surface area contributed by atoms with Crippen molar-refractivity contribution in [3.05, 3.63) is 72.2 Å². The first-order valence-corrected chi connectivity index (χ1v) is 9.70. The van der Waals surface area contributed by atoms with Gasteiger partial charge in [-0.05, 0) is 47.9 Å². The van der Waals surface area contributed by atoms with Crippen LogP contribution in [0.2, 0.25) is 0 Å². The summed E-state index contributed by atoms with van der Waals surface area (Å²) in [4.78, 5) is 8.41. The van der Waals surface area contributed by atoms with Crippen molar-refractivity contribution in [2.75, 3.05) is 20.8 Å². The number of hydrogen-bond donors (Lipinski definition) is 1. The largest absolute Gasteiger partial charge is 0.496 e. The van der Waals surface area contributed by atoms with Gasteiger partial charge in [-0.2, -0.15) is 0 Å². The van der Waals surface area contributed by atoms with E-state index in [4.69, 9.17) is 14.2 Å². The standard InChI is InChI=1S/C23H25N3O3/c1-27-21-5-3-17(16-7-10-24-11-8-16)13-19(21)15-25-20-9-12-29-23(20)18-4-6-22(28-2)26-14-18/h3-8,10-11,13-14,20,23,25H,9,12,15H2,1-2H3/t20-,23+/m0/s1. The van der Waals surface area contributed by atoms with E-state index in [0.29, 0.717) is 12.4 Å². The molecule has 150 valence electrons. The van der Waals surface area contributed by atoms with Crippen LogP contribution >= 0.6 is 0 Å². The lowest BCUT2D eigenvalue weighted by Gasteiger charge is -2.21. The Bertz CT molecular complexity index is 932. The molecule has 1 fully saturated rings. The average Bonchev–Trinajstić information content (AvgIpc) is 3.26. The van der Waals surface area contributed by atoms with Gasteiger partial charge < -0.3 is 19.5 Å². The molecule has 29 heavy (non-hydrogen) atoms. The first kappa shape index (κ1) is 19.4. The molecule has 6 nitrogen and oxygen atoms in total. The van der Waals surface area contributed by atoms with E-state index >= 15 is 0 Å². The molecule has 2 aromatic heterocycles. The van der Waals surface area contributed by atoms with Crippen molar-refractivity contribution in [1.82, 2.24) is 15.3 Å². The summed E-state index contributed by atoms with van der Waals surface area (Å²) in [6.45, 7) is 1.42. The number of methoxy groups -OCH3 is 2. The Morgan fingerprint density at radius 1 is 1.03 bits per heavy atom. The number of rotatable bonds is 7. The molecule has 2 atom stereocenters. The second kappa shape index (κ2) is 9.03. The fraction of sp³-hybridized carbons (Fsp3) is 0.304. The fourth-order valence-electron chi connectivity index (χ4n) is 3.69. The molecule has 4 rings (SSSR count). The van der Waals surface area contributed by atoms with Crippen LogP contribution in [0.5, 0.6) is 11.6 Å². The molecule has 6 heteroatoms. The highest BCUT2D eigenvalue weighted by molar-refractivity contribution is 5.65. The van der Waals surface area contributed by atoms with Gasteiger partial charge in [-0.1, -0.05) is 6.07 Å². The molecular weight excluding hydrogens is 366 g/mol. The van der Waals surface area contributed by atoms with E-state index < -0.39 is 0 Å². The molecule has 0 unspecified atom stereocenters. The second-order valence-electron chi connectivity index (χ2n) is 6.96. The Morgan fingerprint density at radius 3 is 2.62 bits per heavy atom. The predicted octanol–water partition coefficient (Wildman–Crippen LogP) is 3.78. The van der Waals surface area contributed by atoms with Crippen LogP contribution in [0, 0.1) is 0 Å². The molecule has 0 amide bonds. The third-order valence-corrected chi connectivity index (χ3v) is 5.24. The summed E-state index contributed by atoms with van der Waals surface area (Å²) < 4.78 is 16.7. The van der Waals surface area contributed by atoms with E-state index in [1.807, 2.05) is 36.5 Å². The molecule has 0 bridgehead atoms. The van der Waals surface area contributed by atoms with E-state index in [0.717, 1.165) is 41.0 Å². The van der Waals surface area contributed by atoms with E-state index in [9.17, 15) is 0 Å². The fourth-order valence-corrected chi connectivity index (χ4v) is 3.69. The van der Waals surface area contributed by atoms with Crippen molar-refractivity contribution in [3.8, 4) is 22.8 Å². The van der Waals surface area contributed by atoms with Gasteiger partial charge in [0, 0.05) is 55.0 Å². The zero-order valence-corrected chi connectivity index (χ0v) is 16.7. The minimum Gasteiger partial charge on any atom is -0.496 e. The minimum absolute atomic E-state index is 0.0252. The van der Waals surface area contributed by atoms with Crippen molar-refractivity contribution in [2.45, 2.75) is 25.1 Å². The summed E-state index contributed by atoms with van der Waals surface area (Å²) in [5.74, 6) is 1.48. The molecular formula is C23H25N3O3. The molecule has 1 aliphatic rings. The second-order valence-corrected chi connectivity index (χ2v) is 6.96. The number of aromatic nitrogens is 2. The van der Waals surface area contributed by atoms with Crippen molar-refractivity contribution in [2.24, 2.45) is 0 Å². The normalized spacial score (nSPS) is 18.6. The van der Waals surface area contributed by atoms with Gasteiger partial charge in [-0.3, -0.25) is 4.98 Å². The number of ether oxygens (including phenoxy) is 3. The summed E-state index contributed by atoms with van der Waals surface area (Å²) >= 11 is 0. The zero-order valence-electron chi connectivity index (χ0n) is 16.7. The Hall–Kier alpha value is -2.96. The van der Waals surface area contributed by atoms with Gasteiger partial charge in [-0.15, -0.1) is 0 Å². The van der Waals surface area contributed by atoms with Crippen LogP contribution in [0.15, 0.2) is 61.1 Å². The zero-order chi connectivity index (χ0) is 20.1. The minimum atomic E-state index is -0.0252. The van der Waals surface area contributed by atoms with Gasteiger partial charge in [-0.25, -0.2) is 4.98 Å². The van der Waals surface area contributed by atoms with Crippen LogP contribution in [0.25, 0.3) is 11.1 Å². The highest BCUT2D eigenvalue weighted by atomic mass is 16.5. The maximum Gasteiger partial charge on any atom is 0.212 e. The number of nitrogens with one attached hydrogen (secondary N) is 1. The highest BCUT2D eigenvalue weighted by Crippen LogP contribution is 2.31. The lowest BCUT2D eigenvalue weighted by Crippen LogP contribution is -2.31. The maximum atomic E-state index is 5.98. The van der Waals surface area contributed by atoms with Crippen molar-refractivity contribution in [3.63, 3.8) is 0 Å². The summed E-state index contributed by atoms with van der Waals surface area (Å²) in [5.41, 5.74) is 4.44. The summed E-state index contributed by atoms with van der Waals surface area (Å²) in [6, 6.07) is 14.4. The smallest absolute Gasteiger partial charge is 0.212 e. The molecule has 0 saturated carbocycles. The molecule has 1 N–H and O–H groups in total. The Labute approximate surface area is 170 Å². The molecule has 1 saturated heterocycles. The summed E-state index contributed by atoms with van der Waals surface area (Å²) in [5, 5.41) is 3.65. The van der Waals surface area contributed by atoms with E-state index in [-0.39, 0.29) is 12.1 Å². The van der Waals surface area contributed by atoms with E-state index in [2.05, 4.69) is 27.4 Å². The molecule has 1 aliphatic heterocycles. The van der Waals surface area contributed by atoms with Crippen molar-refractivity contribution in [1.29, 1.82) is 0 Å². The molecule has 3 aromatic rings. The molecule has 1 aromatic carbocycles. The van der Waals surface area contributed by atoms with Gasteiger partial charge in [0.05, 0.1) is 20.3 Å². The number of benzene rings is 1. The SMILES string of the molecule is COc1ccc([C@H]2OCC[C@@H]2NCc2cc(-c3ccncc3)ccc2OC)cn1. The first-order valence-electron chi connectivity index (χ1n) is 9.70. The molecule has 0 radical (unpaired) electrons. The third kappa shape index (κ3) is 4.39. The first-order chi connectivity index (χ1) is 14.3.